The van der Waals surface area contributed by atoms with Crippen LogP contribution < -0.4 is 0 Å². The highest BCUT2D eigenvalue weighted by atomic mass is 16.3. The molecule has 1 rings (SSSR count). The minimum absolute atomic E-state index is 0.102. The first kappa shape index (κ1) is 11.8. The maximum Gasteiger partial charge on any atom is 0.222 e. The molecule has 0 spiro atoms. The number of rotatable bonds is 6. The molecule has 4 nitrogen and oxygen atoms in total. The van der Waals surface area contributed by atoms with Gasteiger partial charge in [-0.05, 0) is 18.9 Å². The van der Waals surface area contributed by atoms with Crippen LogP contribution in [0.5, 0.6) is 0 Å². The number of unbranched alkanes of at least 4 members (excludes halogenated alkanes) is 1. The molecule has 0 saturated carbocycles. The van der Waals surface area contributed by atoms with E-state index < -0.39 is 0 Å². The molecule has 15 heavy (non-hydrogen) atoms. The molecule has 0 unspecified atom stereocenters. The van der Waals surface area contributed by atoms with E-state index >= 15 is 0 Å². The van der Waals surface area contributed by atoms with Crippen LogP contribution in [-0.2, 0) is 11.3 Å². The molecule has 0 atom stereocenters. The number of aliphatic hydroxyl groups is 1. The molecule has 4 heteroatoms. The number of aliphatic hydroxyl groups excluding tert-OH is 1. The Labute approximate surface area is 89.5 Å². The van der Waals surface area contributed by atoms with E-state index in [0.29, 0.717) is 19.4 Å². The molecule has 0 aromatic carbocycles. The van der Waals surface area contributed by atoms with E-state index in [2.05, 4.69) is 0 Å². The van der Waals surface area contributed by atoms with Crippen molar-refractivity contribution >= 4 is 5.91 Å². The van der Waals surface area contributed by atoms with E-state index in [4.69, 9.17) is 9.52 Å². The molecule has 0 saturated heterocycles. The molecule has 1 N–H and O–H groups in total. The zero-order chi connectivity index (χ0) is 11.1. The Morgan fingerprint density at radius 1 is 1.53 bits per heavy atom. The Kier molecular flexibility index (Phi) is 4.90. The summed E-state index contributed by atoms with van der Waals surface area (Å²) in [4.78, 5) is 13.2. The molecule has 0 fully saturated rings. The number of carbonyl (C=O) groups excluding carboxylic acids is 1. The van der Waals surface area contributed by atoms with Crippen molar-refractivity contribution in [1.29, 1.82) is 0 Å². The summed E-state index contributed by atoms with van der Waals surface area (Å²) in [6, 6.07) is 1.84. The van der Waals surface area contributed by atoms with Gasteiger partial charge in [-0.1, -0.05) is 0 Å². The second kappa shape index (κ2) is 6.24. The number of amides is 1. The Morgan fingerprint density at radius 3 is 2.93 bits per heavy atom. The summed E-state index contributed by atoms with van der Waals surface area (Å²) in [7, 11) is 1.77. The molecule has 0 radical (unpaired) electrons. The van der Waals surface area contributed by atoms with Gasteiger partial charge >= 0.3 is 0 Å². The summed E-state index contributed by atoms with van der Waals surface area (Å²) in [6.07, 6.45) is 5.15. The van der Waals surface area contributed by atoms with Gasteiger partial charge in [0.05, 0.1) is 12.5 Å². The quantitative estimate of drug-likeness (QED) is 0.724. The lowest BCUT2D eigenvalue weighted by atomic mass is 10.2. The fourth-order valence-electron chi connectivity index (χ4n) is 1.32. The van der Waals surface area contributed by atoms with Crippen LogP contribution >= 0.6 is 0 Å². The summed E-state index contributed by atoms with van der Waals surface area (Å²) >= 11 is 0. The first-order valence-corrected chi connectivity index (χ1v) is 5.10. The van der Waals surface area contributed by atoms with E-state index in [1.165, 1.54) is 0 Å². The average Bonchev–Trinajstić information content (AvgIpc) is 2.70. The van der Waals surface area contributed by atoms with E-state index in [9.17, 15) is 4.79 Å². The number of furan rings is 1. The third-order valence-corrected chi connectivity index (χ3v) is 2.22. The van der Waals surface area contributed by atoms with Crippen molar-refractivity contribution in [3.05, 3.63) is 24.2 Å². The van der Waals surface area contributed by atoms with Crippen molar-refractivity contribution < 1.29 is 14.3 Å². The lowest BCUT2D eigenvalue weighted by molar-refractivity contribution is -0.130. The van der Waals surface area contributed by atoms with Gasteiger partial charge in [0.2, 0.25) is 5.91 Å². The number of hydrogen-bond acceptors (Lipinski definition) is 3. The highest BCUT2D eigenvalue weighted by molar-refractivity contribution is 5.75. The molecule has 1 aromatic heterocycles. The molecular weight excluding hydrogens is 194 g/mol. The fraction of sp³-hybridized carbons (Fsp3) is 0.545. The average molecular weight is 211 g/mol. The van der Waals surface area contributed by atoms with Gasteiger partial charge in [-0.3, -0.25) is 4.79 Å². The van der Waals surface area contributed by atoms with Gasteiger partial charge < -0.3 is 14.4 Å². The lowest BCUT2D eigenvalue weighted by Gasteiger charge is -2.15. The van der Waals surface area contributed by atoms with E-state index in [-0.39, 0.29) is 12.5 Å². The van der Waals surface area contributed by atoms with Gasteiger partial charge in [-0.25, -0.2) is 0 Å². The minimum atomic E-state index is 0.102. The van der Waals surface area contributed by atoms with Crippen LogP contribution in [0.2, 0.25) is 0 Å². The van der Waals surface area contributed by atoms with Crippen LogP contribution in [0.3, 0.4) is 0 Å². The predicted molar refractivity (Wildman–Crippen MR) is 56.1 cm³/mol. The standard InChI is InChI=1S/C11H17NO3/c1-12(8-10-5-7-15-9-10)11(14)4-2-3-6-13/h5,7,9,13H,2-4,6,8H2,1H3. The van der Waals surface area contributed by atoms with E-state index in [1.807, 2.05) is 6.07 Å². The van der Waals surface area contributed by atoms with Crippen molar-refractivity contribution in [1.82, 2.24) is 4.90 Å². The largest absolute Gasteiger partial charge is 0.472 e. The van der Waals surface area contributed by atoms with Gasteiger partial charge in [-0.15, -0.1) is 0 Å². The Balaban J connectivity index is 2.27. The Bertz CT molecular complexity index is 282. The maximum absolute atomic E-state index is 11.6. The normalized spacial score (nSPS) is 10.3. The Morgan fingerprint density at radius 2 is 2.33 bits per heavy atom. The lowest BCUT2D eigenvalue weighted by Crippen LogP contribution is -2.25. The molecule has 1 aromatic rings. The topological polar surface area (TPSA) is 53.7 Å². The molecule has 0 aliphatic rings. The van der Waals surface area contributed by atoms with Crippen molar-refractivity contribution in [3.63, 3.8) is 0 Å². The summed E-state index contributed by atoms with van der Waals surface area (Å²) < 4.78 is 4.92. The summed E-state index contributed by atoms with van der Waals surface area (Å²) in [5, 5.41) is 8.59. The van der Waals surface area contributed by atoms with Crippen LogP contribution in [0, 0.1) is 0 Å². The molecule has 84 valence electrons. The second-order valence-electron chi connectivity index (χ2n) is 3.56. The first-order valence-electron chi connectivity index (χ1n) is 5.10. The van der Waals surface area contributed by atoms with Crippen LogP contribution in [0.4, 0.5) is 0 Å². The third-order valence-electron chi connectivity index (χ3n) is 2.22. The fourth-order valence-corrected chi connectivity index (χ4v) is 1.32. The minimum Gasteiger partial charge on any atom is -0.472 e. The monoisotopic (exact) mass is 211 g/mol. The van der Waals surface area contributed by atoms with Crippen molar-refractivity contribution in [2.45, 2.75) is 25.8 Å². The van der Waals surface area contributed by atoms with E-state index in [1.54, 1.807) is 24.5 Å². The third kappa shape index (κ3) is 4.16. The van der Waals surface area contributed by atoms with Gasteiger partial charge in [0, 0.05) is 32.2 Å². The van der Waals surface area contributed by atoms with Gasteiger partial charge in [-0.2, -0.15) is 0 Å². The molecule has 0 aliphatic carbocycles. The van der Waals surface area contributed by atoms with Crippen LogP contribution in [0.1, 0.15) is 24.8 Å². The molecule has 1 amide bonds. The number of hydrogen-bond donors (Lipinski definition) is 1. The number of nitrogens with zero attached hydrogens (tertiary/aromatic N) is 1. The molecule has 1 heterocycles. The van der Waals surface area contributed by atoms with Gasteiger partial charge in [0.1, 0.15) is 0 Å². The molecule has 0 bridgehead atoms. The number of carbonyl (C=O) groups is 1. The second-order valence-corrected chi connectivity index (χ2v) is 3.56. The van der Waals surface area contributed by atoms with Crippen LogP contribution in [0.25, 0.3) is 0 Å². The summed E-state index contributed by atoms with van der Waals surface area (Å²) in [6.45, 7) is 0.729. The van der Waals surface area contributed by atoms with E-state index in [0.717, 1.165) is 12.0 Å². The predicted octanol–water partition coefficient (Wildman–Crippen LogP) is 1.40. The first-order chi connectivity index (χ1) is 7.24. The highest BCUT2D eigenvalue weighted by Crippen LogP contribution is 2.06. The van der Waals surface area contributed by atoms with Crippen molar-refractivity contribution in [3.8, 4) is 0 Å². The SMILES string of the molecule is CN(Cc1ccoc1)C(=O)CCCCO. The zero-order valence-corrected chi connectivity index (χ0v) is 8.98. The summed E-state index contributed by atoms with van der Waals surface area (Å²) in [5.74, 6) is 0.102. The molecule has 0 aliphatic heterocycles. The molecular formula is C11H17NO3. The van der Waals surface area contributed by atoms with Crippen molar-refractivity contribution in [2.75, 3.05) is 13.7 Å². The smallest absolute Gasteiger partial charge is 0.222 e. The Hall–Kier alpha value is -1.29. The highest BCUT2D eigenvalue weighted by Gasteiger charge is 2.08. The van der Waals surface area contributed by atoms with Crippen LogP contribution in [0.15, 0.2) is 23.0 Å². The summed E-state index contributed by atoms with van der Waals surface area (Å²) in [5.41, 5.74) is 0.994. The van der Waals surface area contributed by atoms with Crippen LogP contribution in [-0.4, -0.2) is 29.6 Å². The van der Waals surface area contributed by atoms with Gasteiger partial charge in [0.15, 0.2) is 0 Å². The van der Waals surface area contributed by atoms with Crippen molar-refractivity contribution in [2.24, 2.45) is 0 Å². The van der Waals surface area contributed by atoms with Gasteiger partial charge in [0.25, 0.3) is 0 Å². The zero-order valence-electron chi connectivity index (χ0n) is 8.98. The maximum atomic E-state index is 11.6.